The number of aryl methyl sites for hydroxylation is 1. The quantitative estimate of drug-likeness (QED) is 0.519. The lowest BCUT2D eigenvalue weighted by Gasteiger charge is -2.05. The van der Waals surface area contributed by atoms with Crippen molar-refractivity contribution in [1.29, 1.82) is 0 Å². The molecule has 0 bridgehead atoms. The van der Waals surface area contributed by atoms with Crippen LogP contribution >= 0.6 is 0 Å². The molecule has 3 aromatic carbocycles. The molecular formula is C17H15N3O. The Balaban J connectivity index is 2.01. The molecular weight excluding hydrogens is 262 g/mol. The summed E-state index contributed by atoms with van der Waals surface area (Å²) in [6.07, 6.45) is 0. The van der Waals surface area contributed by atoms with Gasteiger partial charge in [0.25, 0.3) is 0 Å². The second-order valence-corrected chi connectivity index (χ2v) is 4.89. The number of hydrogen-bond acceptors (Lipinski definition) is 4. The fourth-order valence-corrected chi connectivity index (χ4v) is 2.22. The number of phenolic OH excluding ortho intramolecular Hbond substituents is 1. The van der Waals surface area contributed by atoms with Gasteiger partial charge in [0.1, 0.15) is 5.69 Å². The lowest BCUT2D eigenvalue weighted by atomic mass is 10.0. The van der Waals surface area contributed by atoms with Crippen LogP contribution in [-0.2, 0) is 0 Å². The third-order valence-electron chi connectivity index (χ3n) is 3.40. The molecule has 3 rings (SSSR count). The molecule has 4 nitrogen and oxygen atoms in total. The molecule has 0 aromatic heterocycles. The van der Waals surface area contributed by atoms with Gasteiger partial charge in [-0.05, 0) is 48.2 Å². The Hall–Kier alpha value is -2.88. The van der Waals surface area contributed by atoms with Crippen LogP contribution in [0.4, 0.5) is 17.1 Å². The number of hydrogen-bond donors (Lipinski definition) is 2. The SMILES string of the molecule is Cc1cccc2c(O)c(N=Nc3ccc(N)cc3)ccc12. The average Bonchev–Trinajstić information content (AvgIpc) is 2.49. The maximum Gasteiger partial charge on any atom is 0.150 e. The molecule has 104 valence electrons. The molecule has 0 saturated heterocycles. The van der Waals surface area contributed by atoms with Crippen molar-refractivity contribution in [3.8, 4) is 5.75 Å². The summed E-state index contributed by atoms with van der Waals surface area (Å²) < 4.78 is 0. The molecule has 0 radical (unpaired) electrons. The van der Waals surface area contributed by atoms with Crippen molar-refractivity contribution in [1.82, 2.24) is 0 Å². The lowest BCUT2D eigenvalue weighted by Crippen LogP contribution is -1.81. The number of phenols is 1. The van der Waals surface area contributed by atoms with Gasteiger partial charge in [0.15, 0.2) is 5.75 Å². The van der Waals surface area contributed by atoms with Crippen LogP contribution in [0.15, 0.2) is 64.8 Å². The number of azo groups is 1. The first-order valence-electron chi connectivity index (χ1n) is 6.64. The average molecular weight is 277 g/mol. The van der Waals surface area contributed by atoms with Crippen molar-refractivity contribution in [2.45, 2.75) is 6.92 Å². The van der Waals surface area contributed by atoms with Crippen molar-refractivity contribution in [3.63, 3.8) is 0 Å². The number of rotatable bonds is 2. The minimum Gasteiger partial charge on any atom is -0.505 e. The van der Waals surface area contributed by atoms with Gasteiger partial charge in [0.2, 0.25) is 0 Å². The Morgan fingerprint density at radius 3 is 2.38 bits per heavy atom. The van der Waals surface area contributed by atoms with E-state index in [0.29, 0.717) is 17.1 Å². The van der Waals surface area contributed by atoms with Crippen LogP contribution in [0.5, 0.6) is 5.75 Å². The highest BCUT2D eigenvalue weighted by Gasteiger charge is 2.07. The highest BCUT2D eigenvalue weighted by atomic mass is 16.3. The number of fused-ring (bicyclic) bond motifs is 1. The number of benzene rings is 3. The maximum absolute atomic E-state index is 10.3. The Morgan fingerprint density at radius 2 is 1.62 bits per heavy atom. The van der Waals surface area contributed by atoms with E-state index < -0.39 is 0 Å². The molecule has 0 aliphatic heterocycles. The number of nitrogens with two attached hydrogens (primary N) is 1. The van der Waals surface area contributed by atoms with Gasteiger partial charge in [-0.3, -0.25) is 0 Å². The molecule has 0 aliphatic rings. The maximum atomic E-state index is 10.3. The van der Waals surface area contributed by atoms with Crippen molar-refractivity contribution >= 4 is 27.8 Å². The van der Waals surface area contributed by atoms with Gasteiger partial charge in [0, 0.05) is 11.1 Å². The van der Waals surface area contributed by atoms with E-state index in [0.717, 1.165) is 16.3 Å². The van der Waals surface area contributed by atoms with Crippen LogP contribution in [0, 0.1) is 6.92 Å². The number of nitrogen functional groups attached to an aromatic ring is 1. The van der Waals surface area contributed by atoms with Gasteiger partial charge < -0.3 is 10.8 Å². The molecule has 0 fully saturated rings. The molecule has 4 heteroatoms. The van der Waals surface area contributed by atoms with E-state index in [4.69, 9.17) is 5.73 Å². The van der Waals surface area contributed by atoms with Crippen LogP contribution in [0.2, 0.25) is 0 Å². The van der Waals surface area contributed by atoms with E-state index in [9.17, 15) is 5.11 Å². The summed E-state index contributed by atoms with van der Waals surface area (Å²) >= 11 is 0. The summed E-state index contributed by atoms with van der Waals surface area (Å²) in [5.74, 6) is 0.149. The largest absolute Gasteiger partial charge is 0.505 e. The van der Waals surface area contributed by atoms with Crippen LogP contribution < -0.4 is 5.73 Å². The van der Waals surface area contributed by atoms with E-state index in [1.165, 1.54) is 0 Å². The molecule has 0 amide bonds. The number of nitrogens with zero attached hydrogens (tertiary/aromatic N) is 2. The molecule has 21 heavy (non-hydrogen) atoms. The molecule has 0 heterocycles. The predicted molar refractivity (Wildman–Crippen MR) is 85.4 cm³/mol. The summed E-state index contributed by atoms with van der Waals surface area (Å²) in [5, 5.41) is 20.4. The fraction of sp³-hybridized carbons (Fsp3) is 0.0588. The molecule has 3 aromatic rings. The molecule has 3 N–H and O–H groups in total. The van der Waals surface area contributed by atoms with Crippen molar-refractivity contribution < 1.29 is 5.11 Å². The smallest absolute Gasteiger partial charge is 0.150 e. The minimum absolute atomic E-state index is 0.149. The third kappa shape index (κ3) is 2.56. The molecule has 0 aliphatic carbocycles. The summed E-state index contributed by atoms with van der Waals surface area (Å²) in [5.41, 5.74) is 8.55. The van der Waals surface area contributed by atoms with E-state index in [1.54, 1.807) is 30.3 Å². The minimum atomic E-state index is 0.149. The van der Waals surface area contributed by atoms with Crippen molar-refractivity contribution in [2.24, 2.45) is 10.2 Å². The highest BCUT2D eigenvalue weighted by Crippen LogP contribution is 2.36. The first kappa shape index (κ1) is 13.1. The van der Waals surface area contributed by atoms with Gasteiger partial charge in [0.05, 0.1) is 5.69 Å². The summed E-state index contributed by atoms with van der Waals surface area (Å²) in [6.45, 7) is 2.01. The second-order valence-electron chi connectivity index (χ2n) is 4.89. The first-order chi connectivity index (χ1) is 10.1. The molecule has 0 atom stereocenters. The Labute approximate surface area is 122 Å². The first-order valence-corrected chi connectivity index (χ1v) is 6.64. The molecule has 0 unspecified atom stereocenters. The van der Waals surface area contributed by atoms with Crippen LogP contribution in [0.3, 0.4) is 0 Å². The summed E-state index contributed by atoms with van der Waals surface area (Å²) in [7, 11) is 0. The number of aromatic hydroxyl groups is 1. The van der Waals surface area contributed by atoms with Gasteiger partial charge in [-0.2, -0.15) is 5.11 Å². The third-order valence-corrected chi connectivity index (χ3v) is 3.40. The zero-order valence-corrected chi connectivity index (χ0v) is 11.6. The van der Waals surface area contributed by atoms with Crippen LogP contribution in [0.1, 0.15) is 5.56 Å². The second kappa shape index (κ2) is 5.25. The standard InChI is InChI=1S/C17H15N3O/c1-11-3-2-4-15-14(11)9-10-16(17(15)21)20-19-13-7-5-12(18)6-8-13/h2-10,21H,18H2,1H3. The van der Waals surface area contributed by atoms with E-state index in [1.807, 2.05) is 31.2 Å². The summed E-state index contributed by atoms with van der Waals surface area (Å²) in [6, 6.07) is 16.6. The van der Waals surface area contributed by atoms with E-state index in [2.05, 4.69) is 10.2 Å². The lowest BCUT2D eigenvalue weighted by molar-refractivity contribution is 0.482. The van der Waals surface area contributed by atoms with Gasteiger partial charge in [-0.1, -0.05) is 24.3 Å². The zero-order chi connectivity index (χ0) is 14.8. The van der Waals surface area contributed by atoms with Gasteiger partial charge in [-0.15, -0.1) is 5.11 Å². The molecule has 0 spiro atoms. The normalized spacial score (nSPS) is 11.3. The zero-order valence-electron chi connectivity index (χ0n) is 11.6. The molecule has 0 saturated carbocycles. The van der Waals surface area contributed by atoms with Crippen molar-refractivity contribution in [3.05, 3.63) is 60.2 Å². The Bertz CT molecular complexity index is 823. The van der Waals surface area contributed by atoms with E-state index >= 15 is 0 Å². The summed E-state index contributed by atoms with van der Waals surface area (Å²) in [4.78, 5) is 0. The Morgan fingerprint density at radius 1 is 0.857 bits per heavy atom. The number of anilines is 1. The van der Waals surface area contributed by atoms with Gasteiger partial charge in [-0.25, -0.2) is 0 Å². The van der Waals surface area contributed by atoms with Crippen molar-refractivity contribution in [2.75, 3.05) is 5.73 Å². The monoisotopic (exact) mass is 277 g/mol. The van der Waals surface area contributed by atoms with Crippen LogP contribution in [-0.4, -0.2) is 5.11 Å². The van der Waals surface area contributed by atoms with E-state index in [-0.39, 0.29) is 5.75 Å². The van der Waals surface area contributed by atoms with Crippen LogP contribution in [0.25, 0.3) is 10.8 Å². The fourth-order valence-electron chi connectivity index (χ4n) is 2.22. The van der Waals surface area contributed by atoms with Gasteiger partial charge >= 0.3 is 0 Å². The highest BCUT2D eigenvalue weighted by molar-refractivity contribution is 5.94. The topological polar surface area (TPSA) is 71.0 Å². The Kier molecular flexibility index (Phi) is 3.28. The predicted octanol–water partition coefficient (Wildman–Crippen LogP) is 4.85.